The molecule has 3 heteroatoms. The Morgan fingerprint density at radius 1 is 1.50 bits per heavy atom. The first-order chi connectivity index (χ1) is 5.77. The summed E-state index contributed by atoms with van der Waals surface area (Å²) in [4.78, 5) is 0. The van der Waals surface area contributed by atoms with Crippen LogP contribution in [0.4, 0.5) is 5.69 Å². The van der Waals surface area contributed by atoms with Crippen LogP contribution in [0.2, 0.25) is 0 Å². The van der Waals surface area contributed by atoms with Crippen LogP contribution >= 0.6 is 0 Å². The SMILES string of the molecule is N#Cc1ccc(N)c(CCO)c1. The van der Waals surface area contributed by atoms with Crippen molar-refractivity contribution in [3.8, 4) is 6.07 Å². The van der Waals surface area contributed by atoms with E-state index in [9.17, 15) is 0 Å². The van der Waals surface area contributed by atoms with Crippen LogP contribution in [0.3, 0.4) is 0 Å². The van der Waals surface area contributed by atoms with Gasteiger partial charge in [0, 0.05) is 12.3 Å². The average molecular weight is 162 g/mol. The summed E-state index contributed by atoms with van der Waals surface area (Å²) in [6.07, 6.45) is 0.501. The maximum Gasteiger partial charge on any atom is 0.0991 e. The standard InChI is InChI=1S/C9H10N2O/c10-6-7-1-2-9(11)8(5-7)3-4-12/h1-2,5,12H,3-4,11H2. The van der Waals surface area contributed by atoms with E-state index in [4.69, 9.17) is 16.1 Å². The van der Waals surface area contributed by atoms with Crippen LogP contribution in [-0.2, 0) is 6.42 Å². The van der Waals surface area contributed by atoms with E-state index in [2.05, 4.69) is 0 Å². The minimum absolute atomic E-state index is 0.0546. The van der Waals surface area contributed by atoms with Gasteiger partial charge in [-0.05, 0) is 30.2 Å². The molecule has 0 saturated heterocycles. The number of nitrogen functional groups attached to an aromatic ring is 1. The van der Waals surface area contributed by atoms with E-state index in [-0.39, 0.29) is 6.61 Å². The summed E-state index contributed by atoms with van der Waals surface area (Å²) in [5.74, 6) is 0. The Balaban J connectivity index is 3.01. The van der Waals surface area contributed by atoms with Crippen molar-refractivity contribution in [2.75, 3.05) is 12.3 Å². The van der Waals surface area contributed by atoms with Gasteiger partial charge in [-0.2, -0.15) is 5.26 Å². The van der Waals surface area contributed by atoms with Crippen LogP contribution in [0.5, 0.6) is 0 Å². The fourth-order valence-corrected chi connectivity index (χ4v) is 1.01. The number of nitrogens with two attached hydrogens (primary N) is 1. The maximum absolute atomic E-state index is 8.67. The van der Waals surface area contributed by atoms with Gasteiger partial charge in [0.2, 0.25) is 0 Å². The zero-order valence-electron chi connectivity index (χ0n) is 6.62. The first-order valence-electron chi connectivity index (χ1n) is 3.67. The fraction of sp³-hybridized carbons (Fsp3) is 0.222. The van der Waals surface area contributed by atoms with Crippen molar-refractivity contribution < 1.29 is 5.11 Å². The molecule has 1 aromatic carbocycles. The molecule has 0 aliphatic rings. The van der Waals surface area contributed by atoms with Crippen LogP contribution in [0.1, 0.15) is 11.1 Å². The molecular formula is C9H10N2O. The lowest BCUT2D eigenvalue weighted by molar-refractivity contribution is 0.300. The van der Waals surface area contributed by atoms with Gasteiger partial charge < -0.3 is 10.8 Å². The van der Waals surface area contributed by atoms with Crippen molar-refractivity contribution in [1.29, 1.82) is 5.26 Å². The maximum atomic E-state index is 8.67. The summed E-state index contributed by atoms with van der Waals surface area (Å²) >= 11 is 0. The van der Waals surface area contributed by atoms with E-state index in [0.29, 0.717) is 17.7 Å². The minimum Gasteiger partial charge on any atom is -0.399 e. The van der Waals surface area contributed by atoms with Crippen LogP contribution in [0.25, 0.3) is 0 Å². The van der Waals surface area contributed by atoms with Crippen molar-refractivity contribution in [3.05, 3.63) is 29.3 Å². The Morgan fingerprint density at radius 2 is 2.25 bits per heavy atom. The van der Waals surface area contributed by atoms with Crippen LogP contribution in [0, 0.1) is 11.3 Å². The molecule has 0 bridgehead atoms. The summed E-state index contributed by atoms with van der Waals surface area (Å²) in [5, 5.41) is 17.2. The number of hydrogen-bond acceptors (Lipinski definition) is 3. The molecule has 0 fully saturated rings. The van der Waals surface area contributed by atoms with Crippen LogP contribution in [0.15, 0.2) is 18.2 Å². The van der Waals surface area contributed by atoms with E-state index in [1.165, 1.54) is 0 Å². The molecule has 0 spiro atoms. The number of anilines is 1. The predicted octanol–water partition coefficient (Wildman–Crippen LogP) is 0.675. The summed E-state index contributed by atoms with van der Waals surface area (Å²) in [6, 6.07) is 7.06. The van der Waals surface area contributed by atoms with Gasteiger partial charge >= 0.3 is 0 Å². The van der Waals surface area contributed by atoms with Crippen molar-refractivity contribution >= 4 is 5.69 Å². The van der Waals surface area contributed by atoms with E-state index in [1.807, 2.05) is 6.07 Å². The summed E-state index contributed by atoms with van der Waals surface area (Å²) in [5.41, 5.74) is 7.64. The molecule has 0 radical (unpaired) electrons. The Morgan fingerprint density at radius 3 is 2.83 bits per heavy atom. The molecule has 3 nitrogen and oxygen atoms in total. The number of benzene rings is 1. The summed E-state index contributed by atoms with van der Waals surface area (Å²) in [7, 11) is 0. The quantitative estimate of drug-likeness (QED) is 0.628. The monoisotopic (exact) mass is 162 g/mol. The molecular weight excluding hydrogens is 152 g/mol. The van der Waals surface area contributed by atoms with Gasteiger partial charge in [-0.1, -0.05) is 0 Å². The molecule has 0 heterocycles. The van der Waals surface area contributed by atoms with Gasteiger partial charge in [0.1, 0.15) is 0 Å². The zero-order valence-corrected chi connectivity index (χ0v) is 6.62. The highest BCUT2D eigenvalue weighted by Crippen LogP contribution is 2.13. The number of hydrogen-bond donors (Lipinski definition) is 2. The molecule has 3 N–H and O–H groups in total. The molecule has 0 aliphatic heterocycles. The molecule has 0 amide bonds. The van der Waals surface area contributed by atoms with E-state index in [1.54, 1.807) is 18.2 Å². The Kier molecular flexibility index (Phi) is 2.67. The number of nitrogens with zero attached hydrogens (tertiary/aromatic N) is 1. The van der Waals surface area contributed by atoms with Gasteiger partial charge in [-0.3, -0.25) is 0 Å². The number of rotatable bonds is 2. The molecule has 0 aromatic heterocycles. The molecule has 1 aromatic rings. The van der Waals surface area contributed by atoms with Gasteiger partial charge in [0.05, 0.1) is 11.6 Å². The highest BCUT2D eigenvalue weighted by atomic mass is 16.2. The highest BCUT2D eigenvalue weighted by Gasteiger charge is 1.99. The molecule has 12 heavy (non-hydrogen) atoms. The second kappa shape index (κ2) is 3.74. The first kappa shape index (κ1) is 8.57. The molecule has 1 rings (SSSR count). The first-order valence-corrected chi connectivity index (χ1v) is 3.67. The lowest BCUT2D eigenvalue weighted by atomic mass is 10.1. The lowest BCUT2D eigenvalue weighted by Gasteiger charge is -2.02. The van der Waals surface area contributed by atoms with Crippen molar-refractivity contribution in [2.45, 2.75) is 6.42 Å². The largest absolute Gasteiger partial charge is 0.399 e. The third-order valence-corrected chi connectivity index (χ3v) is 1.65. The van der Waals surface area contributed by atoms with Gasteiger partial charge in [0.15, 0.2) is 0 Å². The normalized spacial score (nSPS) is 9.33. The van der Waals surface area contributed by atoms with Crippen molar-refractivity contribution in [3.63, 3.8) is 0 Å². The molecule has 0 saturated carbocycles. The Labute approximate surface area is 71.1 Å². The number of aliphatic hydroxyl groups excluding tert-OH is 1. The Bertz CT molecular complexity index is 315. The second-order valence-corrected chi connectivity index (χ2v) is 2.50. The second-order valence-electron chi connectivity index (χ2n) is 2.50. The van der Waals surface area contributed by atoms with Crippen molar-refractivity contribution in [2.24, 2.45) is 0 Å². The summed E-state index contributed by atoms with van der Waals surface area (Å²) < 4.78 is 0. The molecule has 0 atom stereocenters. The average Bonchev–Trinajstić information content (AvgIpc) is 2.09. The smallest absolute Gasteiger partial charge is 0.0991 e. The van der Waals surface area contributed by atoms with Crippen molar-refractivity contribution in [1.82, 2.24) is 0 Å². The third-order valence-electron chi connectivity index (χ3n) is 1.65. The summed E-state index contributed by atoms with van der Waals surface area (Å²) in [6.45, 7) is 0.0546. The number of aliphatic hydroxyl groups is 1. The van der Waals surface area contributed by atoms with E-state index in [0.717, 1.165) is 5.56 Å². The Hall–Kier alpha value is -1.53. The minimum atomic E-state index is 0.0546. The third kappa shape index (κ3) is 1.74. The van der Waals surface area contributed by atoms with Gasteiger partial charge in [-0.15, -0.1) is 0 Å². The predicted molar refractivity (Wildman–Crippen MR) is 46.4 cm³/mol. The van der Waals surface area contributed by atoms with Crippen LogP contribution < -0.4 is 5.73 Å². The van der Waals surface area contributed by atoms with E-state index < -0.39 is 0 Å². The lowest BCUT2D eigenvalue weighted by Crippen LogP contribution is -1.97. The zero-order chi connectivity index (χ0) is 8.97. The highest BCUT2D eigenvalue weighted by molar-refractivity contribution is 5.51. The van der Waals surface area contributed by atoms with Crippen LogP contribution in [-0.4, -0.2) is 11.7 Å². The molecule has 0 aliphatic carbocycles. The topological polar surface area (TPSA) is 70.0 Å². The molecule has 62 valence electrons. The molecule has 0 unspecified atom stereocenters. The number of nitriles is 1. The van der Waals surface area contributed by atoms with E-state index >= 15 is 0 Å². The van der Waals surface area contributed by atoms with Gasteiger partial charge in [0.25, 0.3) is 0 Å². The van der Waals surface area contributed by atoms with Gasteiger partial charge in [-0.25, -0.2) is 0 Å². The fourth-order valence-electron chi connectivity index (χ4n) is 1.01.